The fourth-order valence-electron chi connectivity index (χ4n) is 4.43. The molecule has 1 saturated carbocycles. The molecule has 0 radical (unpaired) electrons. The van der Waals surface area contributed by atoms with Crippen molar-refractivity contribution in [2.75, 3.05) is 11.9 Å². The van der Waals surface area contributed by atoms with Crippen molar-refractivity contribution in [3.8, 4) is 0 Å². The van der Waals surface area contributed by atoms with Gasteiger partial charge in [-0.25, -0.2) is 9.59 Å². The number of urea groups is 1. The van der Waals surface area contributed by atoms with Gasteiger partial charge in [0, 0.05) is 19.8 Å². The molecule has 1 aromatic carbocycles. The maximum atomic E-state index is 12.8. The lowest BCUT2D eigenvalue weighted by Gasteiger charge is -2.30. The molecular formula is C20H25N5O4. The number of anilines is 1. The van der Waals surface area contributed by atoms with Gasteiger partial charge in [-0.1, -0.05) is 19.3 Å². The lowest BCUT2D eigenvalue weighted by atomic mass is 9.82. The van der Waals surface area contributed by atoms with Crippen molar-refractivity contribution < 1.29 is 14.4 Å². The summed E-state index contributed by atoms with van der Waals surface area (Å²) < 4.78 is 3.06. The Kier molecular flexibility index (Phi) is 4.48. The summed E-state index contributed by atoms with van der Waals surface area (Å²) >= 11 is 0. The van der Waals surface area contributed by atoms with Gasteiger partial charge in [-0.3, -0.25) is 23.6 Å². The van der Waals surface area contributed by atoms with Crippen LogP contribution in [-0.4, -0.2) is 44.0 Å². The smallest absolute Gasteiger partial charge is 0.324 e. The molecule has 2 aromatic rings. The highest BCUT2D eigenvalue weighted by molar-refractivity contribution is 6.10. The van der Waals surface area contributed by atoms with Crippen molar-refractivity contribution in [1.82, 2.24) is 19.4 Å². The predicted molar refractivity (Wildman–Crippen MR) is 108 cm³/mol. The van der Waals surface area contributed by atoms with E-state index in [4.69, 9.17) is 0 Å². The van der Waals surface area contributed by atoms with Crippen molar-refractivity contribution in [3.05, 3.63) is 28.2 Å². The molecule has 2 N–H and O–H groups in total. The lowest BCUT2D eigenvalue weighted by molar-refractivity contribution is -0.134. The van der Waals surface area contributed by atoms with E-state index in [-0.39, 0.29) is 18.1 Å². The summed E-state index contributed by atoms with van der Waals surface area (Å²) in [5.74, 6) is -0.764. The molecule has 29 heavy (non-hydrogen) atoms. The molecule has 2 aliphatic rings. The number of fused-ring (bicyclic) bond motifs is 1. The van der Waals surface area contributed by atoms with Crippen LogP contribution in [0.15, 0.2) is 16.9 Å². The molecule has 2 heterocycles. The first-order valence-electron chi connectivity index (χ1n) is 9.83. The molecule has 4 amide bonds. The number of nitrogens with one attached hydrogen (secondary N) is 2. The minimum absolute atomic E-state index is 0.153. The Morgan fingerprint density at radius 1 is 1.07 bits per heavy atom. The molecule has 1 aromatic heterocycles. The summed E-state index contributed by atoms with van der Waals surface area (Å²) in [4.78, 5) is 50.9. The Hall–Kier alpha value is -3.10. The zero-order valence-electron chi connectivity index (χ0n) is 16.9. The standard InChI is InChI=1S/C20H25N5O4/c1-12-9-14-15(24(3)19(29)23(14)2)10-13(12)21-16(26)11-25-17(27)20(22-18(25)28)7-5-4-6-8-20/h9-10H,4-8,11H2,1-3H3,(H,21,26)(H,22,28). The van der Waals surface area contributed by atoms with Gasteiger partial charge < -0.3 is 10.6 Å². The van der Waals surface area contributed by atoms with Gasteiger partial charge >= 0.3 is 11.7 Å². The number of benzene rings is 1. The molecule has 154 valence electrons. The Balaban J connectivity index is 1.54. The number of rotatable bonds is 3. The number of imide groups is 1. The first-order chi connectivity index (χ1) is 13.7. The summed E-state index contributed by atoms with van der Waals surface area (Å²) in [6, 6.07) is 3.06. The van der Waals surface area contributed by atoms with E-state index in [2.05, 4.69) is 10.6 Å². The fraction of sp³-hybridized carbons (Fsp3) is 0.500. The van der Waals surface area contributed by atoms with E-state index in [1.807, 2.05) is 13.0 Å². The summed E-state index contributed by atoms with van der Waals surface area (Å²) in [5.41, 5.74) is 1.79. The second-order valence-corrected chi connectivity index (χ2v) is 8.07. The van der Waals surface area contributed by atoms with Crippen LogP contribution in [0.1, 0.15) is 37.7 Å². The molecule has 1 saturated heterocycles. The van der Waals surface area contributed by atoms with Crippen LogP contribution < -0.4 is 16.3 Å². The highest BCUT2D eigenvalue weighted by Gasteiger charge is 2.51. The minimum Gasteiger partial charge on any atom is -0.324 e. The largest absolute Gasteiger partial charge is 0.328 e. The van der Waals surface area contributed by atoms with Crippen LogP contribution in [0.2, 0.25) is 0 Å². The Morgan fingerprint density at radius 3 is 2.34 bits per heavy atom. The maximum absolute atomic E-state index is 12.8. The maximum Gasteiger partial charge on any atom is 0.328 e. The molecule has 1 aliphatic heterocycles. The van der Waals surface area contributed by atoms with Crippen molar-refractivity contribution in [2.45, 2.75) is 44.6 Å². The van der Waals surface area contributed by atoms with Crippen LogP contribution in [0.4, 0.5) is 10.5 Å². The van der Waals surface area contributed by atoms with E-state index in [0.29, 0.717) is 24.0 Å². The Labute approximate surface area is 167 Å². The zero-order chi connectivity index (χ0) is 20.9. The van der Waals surface area contributed by atoms with E-state index >= 15 is 0 Å². The van der Waals surface area contributed by atoms with Gasteiger partial charge in [-0.2, -0.15) is 0 Å². The average Bonchev–Trinajstić information content (AvgIpc) is 3.03. The number of aryl methyl sites for hydroxylation is 3. The molecule has 0 atom stereocenters. The van der Waals surface area contributed by atoms with Gasteiger partial charge in [0.2, 0.25) is 5.91 Å². The van der Waals surface area contributed by atoms with Gasteiger partial charge in [0.15, 0.2) is 0 Å². The first kappa shape index (κ1) is 19.2. The number of imidazole rings is 1. The van der Waals surface area contributed by atoms with Crippen LogP contribution in [0.3, 0.4) is 0 Å². The van der Waals surface area contributed by atoms with Crippen LogP contribution in [0.5, 0.6) is 0 Å². The molecular weight excluding hydrogens is 374 g/mol. The second kappa shape index (κ2) is 6.75. The summed E-state index contributed by atoms with van der Waals surface area (Å²) in [6.07, 6.45) is 4.07. The highest BCUT2D eigenvalue weighted by atomic mass is 16.2. The van der Waals surface area contributed by atoms with Crippen LogP contribution in [0.25, 0.3) is 11.0 Å². The van der Waals surface area contributed by atoms with Gasteiger partial charge in [0.1, 0.15) is 12.1 Å². The first-order valence-corrected chi connectivity index (χ1v) is 9.83. The molecule has 0 unspecified atom stereocenters. The van der Waals surface area contributed by atoms with E-state index in [1.54, 1.807) is 24.7 Å². The Bertz CT molecular complexity index is 1090. The number of hydrogen-bond acceptors (Lipinski definition) is 4. The topological polar surface area (TPSA) is 105 Å². The SMILES string of the molecule is Cc1cc2c(cc1NC(=O)CN1C(=O)NC3(CCCCC3)C1=O)n(C)c(=O)n2C. The quantitative estimate of drug-likeness (QED) is 0.761. The number of amides is 4. The van der Waals surface area contributed by atoms with Crippen molar-refractivity contribution in [1.29, 1.82) is 0 Å². The van der Waals surface area contributed by atoms with Gasteiger partial charge in [0.05, 0.1) is 11.0 Å². The monoisotopic (exact) mass is 399 g/mol. The molecule has 1 aliphatic carbocycles. The molecule has 2 fully saturated rings. The lowest BCUT2D eigenvalue weighted by Crippen LogP contribution is -2.48. The highest BCUT2D eigenvalue weighted by Crippen LogP contribution is 2.33. The zero-order valence-corrected chi connectivity index (χ0v) is 16.9. The molecule has 9 nitrogen and oxygen atoms in total. The van der Waals surface area contributed by atoms with Crippen LogP contribution in [-0.2, 0) is 23.7 Å². The average molecular weight is 399 g/mol. The van der Waals surface area contributed by atoms with E-state index in [9.17, 15) is 19.2 Å². The Morgan fingerprint density at radius 2 is 1.69 bits per heavy atom. The van der Waals surface area contributed by atoms with E-state index in [1.165, 1.54) is 4.57 Å². The van der Waals surface area contributed by atoms with Gasteiger partial charge in [-0.15, -0.1) is 0 Å². The fourth-order valence-corrected chi connectivity index (χ4v) is 4.43. The third kappa shape index (κ3) is 3.01. The number of aromatic nitrogens is 2. The van der Waals surface area contributed by atoms with Crippen molar-refractivity contribution in [2.24, 2.45) is 14.1 Å². The molecule has 4 rings (SSSR count). The number of hydrogen-bond donors (Lipinski definition) is 2. The van der Waals surface area contributed by atoms with Crippen LogP contribution in [0, 0.1) is 6.92 Å². The van der Waals surface area contributed by atoms with Crippen molar-refractivity contribution >= 4 is 34.6 Å². The normalized spacial score (nSPS) is 18.5. The molecule has 9 heteroatoms. The number of nitrogens with zero attached hydrogens (tertiary/aromatic N) is 3. The van der Waals surface area contributed by atoms with E-state index in [0.717, 1.165) is 35.2 Å². The summed E-state index contributed by atoms with van der Waals surface area (Å²) in [7, 11) is 3.36. The third-order valence-corrected chi connectivity index (χ3v) is 6.15. The number of carbonyl (C=O) groups is 3. The van der Waals surface area contributed by atoms with Gasteiger partial charge in [-0.05, 0) is 37.5 Å². The summed E-state index contributed by atoms with van der Waals surface area (Å²) in [5, 5.41) is 5.59. The second-order valence-electron chi connectivity index (χ2n) is 8.07. The summed E-state index contributed by atoms with van der Waals surface area (Å²) in [6.45, 7) is 1.49. The van der Waals surface area contributed by atoms with Crippen molar-refractivity contribution in [3.63, 3.8) is 0 Å². The molecule has 1 spiro atoms. The molecule has 0 bridgehead atoms. The van der Waals surface area contributed by atoms with Crippen LogP contribution >= 0.6 is 0 Å². The predicted octanol–water partition coefficient (Wildman–Crippen LogP) is 1.38. The third-order valence-electron chi connectivity index (χ3n) is 6.15. The number of carbonyl (C=O) groups excluding carboxylic acids is 3. The van der Waals surface area contributed by atoms with Gasteiger partial charge in [0.25, 0.3) is 5.91 Å². The minimum atomic E-state index is -0.841. The van der Waals surface area contributed by atoms with E-state index < -0.39 is 17.5 Å².